The summed E-state index contributed by atoms with van der Waals surface area (Å²) in [7, 11) is -3.06. The number of hydrogen-bond donors (Lipinski definition) is 1. The molecule has 0 aliphatic carbocycles. The van der Waals surface area contributed by atoms with Crippen LogP contribution in [-0.4, -0.2) is 20.5 Å². The van der Waals surface area contributed by atoms with Gasteiger partial charge in [0.15, 0.2) is 4.90 Å². The molecule has 1 N–H and O–H groups in total. The second-order valence-electron chi connectivity index (χ2n) is 4.32. The minimum Gasteiger partial charge on any atom is -0.497 e. The number of nitrogens with one attached hydrogen (secondary N) is 1. The predicted octanol–water partition coefficient (Wildman–Crippen LogP) is 3.31. The Bertz CT molecular complexity index is 873. The van der Waals surface area contributed by atoms with Crippen molar-refractivity contribution in [1.82, 2.24) is 0 Å². The molecule has 0 spiro atoms. The van der Waals surface area contributed by atoms with Crippen molar-refractivity contribution in [1.29, 1.82) is 0 Å². The fourth-order valence-electron chi connectivity index (χ4n) is 1.77. The van der Waals surface area contributed by atoms with E-state index in [1.807, 2.05) is 4.72 Å². The summed E-state index contributed by atoms with van der Waals surface area (Å²) in [5.41, 5.74) is -0.993. The van der Waals surface area contributed by atoms with Gasteiger partial charge in [0.25, 0.3) is 15.7 Å². The molecular formula is C13H10BrFN2O5S. The van der Waals surface area contributed by atoms with Gasteiger partial charge in [0, 0.05) is 4.47 Å². The number of rotatable bonds is 5. The molecule has 0 amide bonds. The molecule has 0 aliphatic heterocycles. The summed E-state index contributed by atoms with van der Waals surface area (Å²) in [6, 6.07) is 6.97. The van der Waals surface area contributed by atoms with Gasteiger partial charge in [-0.15, -0.1) is 0 Å². The first-order valence-corrected chi connectivity index (χ1v) is 8.32. The van der Waals surface area contributed by atoms with Crippen LogP contribution in [0.5, 0.6) is 5.75 Å². The molecule has 0 atom stereocenters. The van der Waals surface area contributed by atoms with Crippen LogP contribution in [0, 0.1) is 15.9 Å². The van der Waals surface area contributed by atoms with E-state index in [1.54, 1.807) is 0 Å². The minimum atomic E-state index is -4.35. The summed E-state index contributed by atoms with van der Waals surface area (Å²) >= 11 is 3.05. The van der Waals surface area contributed by atoms with Crippen LogP contribution in [0.15, 0.2) is 45.8 Å². The van der Waals surface area contributed by atoms with Crippen LogP contribution in [0.4, 0.5) is 15.8 Å². The molecule has 7 nitrogen and oxygen atoms in total. The molecular weight excluding hydrogens is 395 g/mol. The lowest BCUT2D eigenvalue weighted by molar-refractivity contribution is -0.387. The number of methoxy groups -OCH3 is 1. The molecule has 0 fully saturated rings. The van der Waals surface area contributed by atoms with Gasteiger partial charge in [-0.25, -0.2) is 12.8 Å². The molecule has 0 aromatic heterocycles. The van der Waals surface area contributed by atoms with Crippen LogP contribution in [0.3, 0.4) is 0 Å². The molecule has 2 aromatic carbocycles. The van der Waals surface area contributed by atoms with E-state index in [1.165, 1.54) is 25.3 Å². The molecule has 0 radical (unpaired) electrons. The largest absolute Gasteiger partial charge is 0.497 e. The summed E-state index contributed by atoms with van der Waals surface area (Å²) in [6.07, 6.45) is 0. The van der Waals surface area contributed by atoms with Crippen molar-refractivity contribution in [3.63, 3.8) is 0 Å². The van der Waals surface area contributed by atoms with Gasteiger partial charge in [-0.1, -0.05) is 15.9 Å². The highest BCUT2D eigenvalue weighted by Crippen LogP contribution is 2.30. The Morgan fingerprint density at radius 1 is 1.26 bits per heavy atom. The first-order valence-electron chi connectivity index (χ1n) is 6.05. The third kappa shape index (κ3) is 3.77. The zero-order valence-corrected chi connectivity index (χ0v) is 14.0. The van der Waals surface area contributed by atoms with Gasteiger partial charge in [0.2, 0.25) is 0 Å². The van der Waals surface area contributed by atoms with E-state index in [9.17, 15) is 22.9 Å². The summed E-state index contributed by atoms with van der Waals surface area (Å²) in [5.74, 6) is -0.690. The molecule has 10 heteroatoms. The van der Waals surface area contributed by atoms with Crippen LogP contribution in [0.1, 0.15) is 0 Å². The van der Waals surface area contributed by atoms with Crippen molar-refractivity contribution in [3.05, 3.63) is 56.8 Å². The van der Waals surface area contributed by atoms with Crippen LogP contribution >= 0.6 is 15.9 Å². The fourth-order valence-corrected chi connectivity index (χ4v) is 3.32. The summed E-state index contributed by atoms with van der Waals surface area (Å²) in [6.45, 7) is 0. The smallest absolute Gasteiger partial charge is 0.293 e. The second-order valence-corrected chi connectivity index (χ2v) is 6.89. The zero-order valence-electron chi connectivity index (χ0n) is 11.6. The quantitative estimate of drug-likeness (QED) is 0.608. The molecule has 0 bridgehead atoms. The maximum Gasteiger partial charge on any atom is 0.293 e. The normalized spacial score (nSPS) is 11.1. The average molecular weight is 405 g/mol. The maximum absolute atomic E-state index is 13.8. The second kappa shape index (κ2) is 6.50. The molecule has 0 unspecified atom stereocenters. The third-order valence-electron chi connectivity index (χ3n) is 2.83. The Kier molecular flexibility index (Phi) is 4.85. The molecule has 0 heterocycles. The number of hydrogen-bond acceptors (Lipinski definition) is 5. The van der Waals surface area contributed by atoms with Crippen molar-refractivity contribution in [2.45, 2.75) is 4.90 Å². The van der Waals surface area contributed by atoms with Gasteiger partial charge >= 0.3 is 0 Å². The van der Waals surface area contributed by atoms with E-state index in [-0.39, 0.29) is 11.4 Å². The summed E-state index contributed by atoms with van der Waals surface area (Å²) < 4.78 is 45.7. The standard InChI is InChI=1S/C13H10BrFN2O5S/c1-22-9-3-5-13(12(7-9)17(18)19)23(20,21)16-11-4-2-8(14)6-10(11)15/h2-7,16H,1H3. The summed E-state index contributed by atoms with van der Waals surface area (Å²) in [4.78, 5) is 9.63. The number of nitro groups is 1. The van der Waals surface area contributed by atoms with Crippen LogP contribution in [-0.2, 0) is 10.0 Å². The first-order chi connectivity index (χ1) is 10.7. The van der Waals surface area contributed by atoms with Crippen LogP contribution < -0.4 is 9.46 Å². The fraction of sp³-hybridized carbons (Fsp3) is 0.0769. The van der Waals surface area contributed by atoms with Crippen molar-refractivity contribution in [3.8, 4) is 5.75 Å². The Labute approximate surface area is 139 Å². The maximum atomic E-state index is 13.8. The molecule has 0 aliphatic rings. The third-order valence-corrected chi connectivity index (χ3v) is 4.73. The van der Waals surface area contributed by atoms with Crippen molar-refractivity contribution in [2.24, 2.45) is 0 Å². The van der Waals surface area contributed by atoms with E-state index >= 15 is 0 Å². The molecule has 0 saturated heterocycles. The van der Waals surface area contributed by atoms with E-state index in [2.05, 4.69) is 15.9 Å². The highest BCUT2D eigenvalue weighted by atomic mass is 79.9. The molecule has 122 valence electrons. The Morgan fingerprint density at radius 2 is 1.96 bits per heavy atom. The van der Waals surface area contributed by atoms with Crippen LogP contribution in [0.25, 0.3) is 0 Å². The lowest BCUT2D eigenvalue weighted by atomic mass is 10.3. The van der Waals surface area contributed by atoms with Crippen molar-refractivity contribution < 1.29 is 22.5 Å². The van der Waals surface area contributed by atoms with Gasteiger partial charge in [-0.3, -0.25) is 14.8 Å². The highest BCUT2D eigenvalue weighted by molar-refractivity contribution is 9.10. The van der Waals surface area contributed by atoms with Gasteiger partial charge < -0.3 is 4.74 Å². The number of nitrogens with zero attached hydrogens (tertiary/aromatic N) is 1. The van der Waals surface area contributed by atoms with E-state index in [4.69, 9.17) is 4.74 Å². The number of sulfonamides is 1. The first kappa shape index (κ1) is 17.2. The molecule has 23 heavy (non-hydrogen) atoms. The molecule has 2 aromatic rings. The Morgan fingerprint density at radius 3 is 2.52 bits per heavy atom. The van der Waals surface area contributed by atoms with E-state index in [0.717, 1.165) is 18.2 Å². The zero-order chi connectivity index (χ0) is 17.2. The lowest BCUT2D eigenvalue weighted by Gasteiger charge is -2.10. The highest BCUT2D eigenvalue weighted by Gasteiger charge is 2.27. The Balaban J connectivity index is 2.49. The lowest BCUT2D eigenvalue weighted by Crippen LogP contribution is -2.15. The van der Waals surface area contributed by atoms with E-state index < -0.39 is 31.3 Å². The SMILES string of the molecule is COc1ccc(S(=O)(=O)Nc2ccc(Br)cc2F)c([N+](=O)[O-])c1. The van der Waals surface area contributed by atoms with Gasteiger partial charge in [-0.05, 0) is 30.3 Å². The minimum absolute atomic E-state index is 0.130. The van der Waals surface area contributed by atoms with Gasteiger partial charge in [-0.2, -0.15) is 0 Å². The number of nitro benzene ring substituents is 1. The molecule has 2 rings (SSSR count). The van der Waals surface area contributed by atoms with Crippen LogP contribution in [0.2, 0.25) is 0 Å². The number of halogens is 2. The van der Waals surface area contributed by atoms with Crippen molar-refractivity contribution in [2.75, 3.05) is 11.8 Å². The predicted molar refractivity (Wildman–Crippen MR) is 84.6 cm³/mol. The Hall–Kier alpha value is -2.20. The van der Waals surface area contributed by atoms with E-state index in [0.29, 0.717) is 4.47 Å². The number of benzene rings is 2. The molecule has 0 saturated carbocycles. The monoisotopic (exact) mass is 404 g/mol. The van der Waals surface area contributed by atoms with Crippen molar-refractivity contribution >= 4 is 37.3 Å². The summed E-state index contributed by atoms with van der Waals surface area (Å²) in [5, 5.41) is 11.1. The topological polar surface area (TPSA) is 98.5 Å². The van der Waals surface area contributed by atoms with Gasteiger partial charge in [0.05, 0.1) is 23.8 Å². The number of anilines is 1. The average Bonchev–Trinajstić information content (AvgIpc) is 2.49. The number of ether oxygens (including phenoxy) is 1. The van der Waals surface area contributed by atoms with Gasteiger partial charge in [0.1, 0.15) is 11.6 Å².